The second-order valence-corrected chi connectivity index (χ2v) is 9.33. The van der Waals surface area contributed by atoms with E-state index in [0.717, 1.165) is 41.5 Å². The van der Waals surface area contributed by atoms with Crippen molar-refractivity contribution in [2.45, 2.75) is 46.6 Å². The number of benzene rings is 2. The second-order valence-electron chi connectivity index (χ2n) is 7.47. The van der Waals surface area contributed by atoms with E-state index in [1.165, 1.54) is 4.31 Å². The number of ether oxygens (including phenoxy) is 1. The van der Waals surface area contributed by atoms with Gasteiger partial charge in [0.25, 0.3) is 0 Å². The molecule has 164 valence electrons. The topological polar surface area (TPSA) is 75.7 Å². The molecule has 1 atom stereocenters. The highest BCUT2D eigenvalue weighted by Gasteiger charge is 2.29. The zero-order valence-electron chi connectivity index (χ0n) is 18.4. The molecular formula is C23H32N2O4S. The van der Waals surface area contributed by atoms with Gasteiger partial charge in [-0.2, -0.15) is 0 Å². The van der Waals surface area contributed by atoms with Crippen LogP contribution >= 0.6 is 0 Å². The third-order valence-corrected chi connectivity index (χ3v) is 6.25. The zero-order valence-corrected chi connectivity index (χ0v) is 19.3. The van der Waals surface area contributed by atoms with Crippen molar-refractivity contribution in [3.8, 4) is 5.75 Å². The highest BCUT2D eigenvalue weighted by molar-refractivity contribution is 7.92. The van der Waals surface area contributed by atoms with E-state index in [-0.39, 0.29) is 5.91 Å². The number of hydrogen-bond acceptors (Lipinski definition) is 4. The van der Waals surface area contributed by atoms with Crippen molar-refractivity contribution in [1.29, 1.82) is 0 Å². The van der Waals surface area contributed by atoms with Gasteiger partial charge in [0.2, 0.25) is 15.9 Å². The molecule has 0 saturated heterocycles. The number of hydrogen-bond donors (Lipinski definition) is 1. The van der Waals surface area contributed by atoms with Crippen LogP contribution in [0.2, 0.25) is 0 Å². The summed E-state index contributed by atoms with van der Waals surface area (Å²) in [6.45, 7) is 8.55. The Labute approximate surface area is 180 Å². The quantitative estimate of drug-likeness (QED) is 0.582. The Hall–Kier alpha value is -2.54. The largest absolute Gasteiger partial charge is 0.494 e. The molecule has 1 N–H and O–H groups in total. The van der Waals surface area contributed by atoms with Gasteiger partial charge in [-0.1, -0.05) is 18.2 Å². The maximum absolute atomic E-state index is 12.7. The molecule has 2 aromatic carbocycles. The van der Waals surface area contributed by atoms with E-state index in [4.69, 9.17) is 4.74 Å². The molecule has 0 bridgehead atoms. The molecule has 0 aliphatic rings. The lowest BCUT2D eigenvalue weighted by Gasteiger charge is -2.28. The Balaban J connectivity index is 1.96. The van der Waals surface area contributed by atoms with E-state index in [2.05, 4.69) is 5.32 Å². The fraction of sp³-hybridized carbons (Fsp3) is 0.435. The summed E-state index contributed by atoms with van der Waals surface area (Å²) in [7, 11) is -3.61. The minimum absolute atomic E-state index is 0.314. The lowest BCUT2D eigenvalue weighted by molar-refractivity contribution is -0.121. The summed E-state index contributed by atoms with van der Waals surface area (Å²) in [5, 5.41) is 2.86. The molecule has 0 unspecified atom stereocenters. The van der Waals surface area contributed by atoms with Gasteiger partial charge in [-0.05, 0) is 81.5 Å². The number of carbonyl (C=O) groups is 1. The maximum atomic E-state index is 12.7. The minimum Gasteiger partial charge on any atom is -0.494 e. The number of sulfonamides is 1. The van der Waals surface area contributed by atoms with Gasteiger partial charge in [-0.15, -0.1) is 0 Å². The van der Waals surface area contributed by atoms with E-state index in [0.29, 0.717) is 18.8 Å². The van der Waals surface area contributed by atoms with Crippen LogP contribution < -0.4 is 14.4 Å². The van der Waals surface area contributed by atoms with E-state index < -0.39 is 16.1 Å². The average Bonchev–Trinajstić information content (AvgIpc) is 2.68. The first-order valence-electron chi connectivity index (χ1n) is 10.2. The van der Waals surface area contributed by atoms with Crippen LogP contribution in [0.3, 0.4) is 0 Å². The SMILES string of the molecule is CCOc1ccc(CCCNC(=O)[C@H](C)N(c2ccc(C)c(C)c2)S(C)(=O)=O)cc1. The first-order chi connectivity index (χ1) is 14.1. The van der Waals surface area contributed by atoms with Crippen LogP contribution in [0.5, 0.6) is 5.75 Å². The lowest BCUT2D eigenvalue weighted by Crippen LogP contribution is -2.48. The molecular weight excluding hydrogens is 400 g/mol. The van der Waals surface area contributed by atoms with Crippen molar-refractivity contribution in [2.75, 3.05) is 23.7 Å². The normalized spacial score (nSPS) is 12.3. The molecule has 30 heavy (non-hydrogen) atoms. The van der Waals surface area contributed by atoms with Crippen molar-refractivity contribution in [1.82, 2.24) is 5.32 Å². The molecule has 6 nitrogen and oxygen atoms in total. The maximum Gasteiger partial charge on any atom is 0.243 e. The van der Waals surface area contributed by atoms with Crippen molar-refractivity contribution >= 4 is 21.6 Å². The Morgan fingerprint density at radius 3 is 2.33 bits per heavy atom. The minimum atomic E-state index is -3.61. The lowest BCUT2D eigenvalue weighted by atomic mass is 10.1. The third kappa shape index (κ3) is 6.49. The number of nitrogens with zero attached hydrogens (tertiary/aromatic N) is 1. The number of amides is 1. The smallest absolute Gasteiger partial charge is 0.243 e. The number of nitrogens with one attached hydrogen (secondary N) is 1. The number of aryl methyl sites for hydroxylation is 3. The van der Waals surface area contributed by atoms with Crippen LogP contribution in [0, 0.1) is 13.8 Å². The van der Waals surface area contributed by atoms with Crippen molar-refractivity contribution in [2.24, 2.45) is 0 Å². The summed E-state index contributed by atoms with van der Waals surface area (Å²) >= 11 is 0. The van der Waals surface area contributed by atoms with E-state index in [1.807, 2.05) is 51.1 Å². The standard InChI is InChI=1S/C23H32N2O4S/c1-6-29-22-13-10-20(11-14-22)8-7-15-24-23(26)19(4)25(30(5,27)28)21-12-9-17(2)18(3)16-21/h9-14,16,19H,6-8,15H2,1-5H3,(H,24,26)/t19-/m0/s1. The fourth-order valence-electron chi connectivity index (χ4n) is 3.24. The van der Waals surface area contributed by atoms with E-state index in [1.54, 1.807) is 19.1 Å². The third-order valence-electron chi connectivity index (χ3n) is 5.01. The molecule has 0 aliphatic heterocycles. The van der Waals surface area contributed by atoms with Gasteiger partial charge in [-0.3, -0.25) is 9.10 Å². The van der Waals surface area contributed by atoms with Gasteiger partial charge >= 0.3 is 0 Å². The summed E-state index contributed by atoms with van der Waals surface area (Å²) in [4.78, 5) is 12.7. The molecule has 0 spiro atoms. The van der Waals surface area contributed by atoms with Gasteiger partial charge in [0, 0.05) is 6.54 Å². The van der Waals surface area contributed by atoms with Gasteiger partial charge in [0.1, 0.15) is 11.8 Å². The molecule has 0 heterocycles. The molecule has 2 rings (SSSR count). The Kier molecular flexibility index (Phi) is 8.29. The molecule has 2 aromatic rings. The van der Waals surface area contributed by atoms with Gasteiger partial charge < -0.3 is 10.1 Å². The summed E-state index contributed by atoms with van der Waals surface area (Å²) in [6, 6.07) is 12.5. The molecule has 1 amide bonds. The highest BCUT2D eigenvalue weighted by Crippen LogP contribution is 2.23. The Bertz CT molecular complexity index is 956. The summed E-state index contributed by atoms with van der Waals surface area (Å²) < 4.78 is 31.4. The fourth-order valence-corrected chi connectivity index (χ4v) is 4.41. The van der Waals surface area contributed by atoms with E-state index in [9.17, 15) is 13.2 Å². The van der Waals surface area contributed by atoms with Crippen LogP contribution in [0.25, 0.3) is 0 Å². The Morgan fingerprint density at radius 1 is 1.10 bits per heavy atom. The van der Waals surface area contributed by atoms with Crippen LogP contribution in [-0.4, -0.2) is 39.8 Å². The summed E-state index contributed by atoms with van der Waals surface area (Å²) in [6.07, 6.45) is 2.70. The second kappa shape index (κ2) is 10.5. The first kappa shape index (κ1) is 23.7. The first-order valence-corrected chi connectivity index (χ1v) is 12.0. The van der Waals surface area contributed by atoms with E-state index >= 15 is 0 Å². The van der Waals surface area contributed by atoms with Crippen LogP contribution in [0.1, 0.15) is 37.0 Å². The average molecular weight is 433 g/mol. The van der Waals surface area contributed by atoms with Crippen LogP contribution in [0.4, 0.5) is 5.69 Å². The van der Waals surface area contributed by atoms with Crippen LogP contribution in [0.15, 0.2) is 42.5 Å². The van der Waals surface area contributed by atoms with Crippen molar-refractivity contribution in [3.05, 3.63) is 59.2 Å². The van der Waals surface area contributed by atoms with Gasteiger partial charge in [0.15, 0.2) is 0 Å². The number of anilines is 1. The highest BCUT2D eigenvalue weighted by atomic mass is 32.2. The molecule has 0 radical (unpaired) electrons. The molecule has 0 saturated carbocycles. The number of rotatable bonds is 10. The van der Waals surface area contributed by atoms with Gasteiger partial charge in [0.05, 0.1) is 18.6 Å². The monoisotopic (exact) mass is 432 g/mol. The predicted octanol–water partition coefficient (Wildman–Crippen LogP) is 3.61. The molecule has 0 aliphatic carbocycles. The molecule has 0 aromatic heterocycles. The zero-order chi connectivity index (χ0) is 22.3. The van der Waals surface area contributed by atoms with Gasteiger partial charge in [-0.25, -0.2) is 8.42 Å². The molecule has 0 fully saturated rings. The summed E-state index contributed by atoms with van der Waals surface area (Å²) in [5.74, 6) is 0.529. The number of carbonyl (C=O) groups excluding carboxylic acids is 1. The van der Waals surface area contributed by atoms with Crippen molar-refractivity contribution in [3.63, 3.8) is 0 Å². The molecule has 7 heteroatoms. The van der Waals surface area contributed by atoms with Crippen LogP contribution in [-0.2, 0) is 21.2 Å². The predicted molar refractivity (Wildman–Crippen MR) is 122 cm³/mol. The van der Waals surface area contributed by atoms with Crippen molar-refractivity contribution < 1.29 is 17.9 Å². The Morgan fingerprint density at radius 2 is 1.77 bits per heavy atom. The summed E-state index contributed by atoms with van der Waals surface area (Å²) in [5.41, 5.74) is 3.70.